The van der Waals surface area contributed by atoms with E-state index in [1.54, 1.807) is 48.3 Å². The smallest absolute Gasteiger partial charge is 0.326 e. The van der Waals surface area contributed by atoms with Crippen LogP contribution < -0.4 is 16.6 Å². The van der Waals surface area contributed by atoms with Crippen LogP contribution in [0.4, 0.5) is 5.95 Å². The summed E-state index contributed by atoms with van der Waals surface area (Å²) in [6.07, 6.45) is 2.02. The zero-order valence-electron chi connectivity index (χ0n) is 17.5. The number of hydrogen-bond donors (Lipinski definition) is 5. The number of carbonyl (C=O) groups is 3. The van der Waals surface area contributed by atoms with E-state index in [9.17, 15) is 19.2 Å². The van der Waals surface area contributed by atoms with E-state index in [1.165, 1.54) is 0 Å². The average Bonchev–Trinajstić information content (AvgIpc) is 3.17. The lowest BCUT2D eigenvalue weighted by molar-refractivity contribution is -0.140. The molecule has 0 unspecified atom stereocenters. The van der Waals surface area contributed by atoms with Crippen molar-refractivity contribution >= 4 is 46.6 Å². The highest BCUT2D eigenvalue weighted by Gasteiger charge is 2.21. The summed E-state index contributed by atoms with van der Waals surface area (Å²) in [5.74, 6) is -2.15. The van der Waals surface area contributed by atoms with Crippen LogP contribution in [0.1, 0.15) is 29.6 Å². The molecule has 0 bridgehead atoms. The number of benzene rings is 1. The molecule has 0 aliphatic carbocycles. The lowest BCUT2D eigenvalue weighted by atomic mass is 10.1. The summed E-state index contributed by atoms with van der Waals surface area (Å²) in [6.45, 7) is 0.624. The lowest BCUT2D eigenvalue weighted by Crippen LogP contribution is -2.41. The Kier molecular flexibility index (Phi) is 7.72. The summed E-state index contributed by atoms with van der Waals surface area (Å²) in [7, 11) is 0. The normalized spacial score (nSPS) is 11.9. The third kappa shape index (κ3) is 6.35. The number of aromatic nitrogens is 3. The minimum absolute atomic E-state index is 0.0803. The summed E-state index contributed by atoms with van der Waals surface area (Å²) < 4.78 is 1.83. The number of carboxylic acid groups (broad SMARTS) is 2. The van der Waals surface area contributed by atoms with E-state index < -0.39 is 23.9 Å². The van der Waals surface area contributed by atoms with Gasteiger partial charge in [0, 0.05) is 29.6 Å². The van der Waals surface area contributed by atoms with Crippen LogP contribution in [0.15, 0.2) is 46.2 Å². The molecular formula is C21H23N5O6S. The second-order valence-electron chi connectivity index (χ2n) is 7.22. The summed E-state index contributed by atoms with van der Waals surface area (Å²) in [4.78, 5) is 53.8. The topological polar surface area (TPSA) is 180 Å². The number of aryl methyl sites for hydroxylation is 1. The molecule has 0 aliphatic heterocycles. The average molecular weight is 474 g/mol. The Morgan fingerprint density at radius 2 is 1.91 bits per heavy atom. The number of aliphatic carboxylic acids is 2. The van der Waals surface area contributed by atoms with Crippen LogP contribution in [0.2, 0.25) is 0 Å². The molecule has 1 aromatic carbocycles. The molecule has 0 radical (unpaired) electrons. The fourth-order valence-corrected chi connectivity index (χ4v) is 4.05. The van der Waals surface area contributed by atoms with Gasteiger partial charge in [0.1, 0.15) is 11.6 Å². The Balaban J connectivity index is 1.50. The highest BCUT2D eigenvalue weighted by molar-refractivity contribution is 7.99. The van der Waals surface area contributed by atoms with E-state index in [-0.39, 0.29) is 29.9 Å². The summed E-state index contributed by atoms with van der Waals surface area (Å²) in [5, 5.41) is 20.2. The van der Waals surface area contributed by atoms with Crippen LogP contribution in [0.25, 0.3) is 11.0 Å². The second-order valence-corrected chi connectivity index (χ2v) is 8.39. The molecule has 11 nitrogen and oxygen atoms in total. The van der Waals surface area contributed by atoms with Gasteiger partial charge in [-0.2, -0.15) is 0 Å². The summed E-state index contributed by atoms with van der Waals surface area (Å²) in [6, 6.07) is 7.16. The molecule has 0 saturated heterocycles. The van der Waals surface area contributed by atoms with Crippen molar-refractivity contribution in [2.45, 2.75) is 36.7 Å². The molecular weight excluding hydrogens is 450 g/mol. The molecule has 0 aliphatic rings. The zero-order valence-corrected chi connectivity index (χ0v) is 18.3. The van der Waals surface area contributed by atoms with Gasteiger partial charge in [-0.3, -0.25) is 19.4 Å². The van der Waals surface area contributed by atoms with Gasteiger partial charge in [-0.1, -0.05) is 0 Å². The van der Waals surface area contributed by atoms with Crippen LogP contribution in [-0.4, -0.2) is 54.4 Å². The van der Waals surface area contributed by atoms with Crippen LogP contribution in [-0.2, 0) is 16.1 Å². The van der Waals surface area contributed by atoms with E-state index >= 15 is 0 Å². The maximum absolute atomic E-state index is 12.3. The van der Waals surface area contributed by atoms with Gasteiger partial charge in [-0.15, -0.1) is 11.8 Å². The first-order valence-electron chi connectivity index (χ1n) is 10.1. The molecule has 3 rings (SSSR count). The summed E-state index contributed by atoms with van der Waals surface area (Å²) >= 11 is 1.58. The first-order chi connectivity index (χ1) is 15.7. The van der Waals surface area contributed by atoms with Crippen molar-refractivity contribution in [3.05, 3.63) is 52.4 Å². The molecule has 2 heterocycles. The number of nitrogen functional groups attached to an aromatic ring is 1. The van der Waals surface area contributed by atoms with Gasteiger partial charge in [-0.25, -0.2) is 9.78 Å². The quantitative estimate of drug-likeness (QED) is 0.204. The number of nitrogens with one attached hydrogen (secondary N) is 2. The minimum atomic E-state index is -1.28. The van der Waals surface area contributed by atoms with Gasteiger partial charge in [0.05, 0.1) is 5.52 Å². The molecule has 2 aromatic heterocycles. The van der Waals surface area contributed by atoms with Crippen LogP contribution >= 0.6 is 11.8 Å². The van der Waals surface area contributed by atoms with E-state index in [1.807, 2.05) is 4.57 Å². The maximum Gasteiger partial charge on any atom is 0.326 e. The standard InChI is InChI=1S/C21H23N5O6S/c22-21-24-14-8-10-26(17(14)19(30)25-21)9-1-11-33-13-4-2-12(3-5-13)18(29)23-15(20(31)32)6-7-16(27)28/h2-5,8,10,15H,1,6-7,9,11H2,(H,23,29)(H,27,28)(H,31,32)(H3,22,24,25,30)/t15-/m0/s1. The number of anilines is 1. The first kappa shape index (κ1) is 23.9. The van der Waals surface area contributed by atoms with Crippen LogP contribution in [0, 0.1) is 0 Å². The molecule has 1 amide bonds. The predicted molar refractivity (Wildman–Crippen MR) is 122 cm³/mol. The third-order valence-corrected chi connectivity index (χ3v) is 5.92. The number of aromatic amines is 1. The Morgan fingerprint density at radius 1 is 1.18 bits per heavy atom. The molecule has 3 aromatic rings. The number of amides is 1. The van der Waals surface area contributed by atoms with Gasteiger partial charge in [-0.05, 0) is 48.9 Å². The second kappa shape index (κ2) is 10.7. The number of rotatable bonds is 11. The summed E-state index contributed by atoms with van der Waals surface area (Å²) in [5.41, 5.74) is 6.59. The molecule has 12 heteroatoms. The number of nitrogens with two attached hydrogens (primary N) is 1. The number of fused-ring (bicyclic) bond motifs is 1. The molecule has 33 heavy (non-hydrogen) atoms. The van der Waals surface area contributed by atoms with Gasteiger partial charge in [0.15, 0.2) is 0 Å². The number of carboxylic acids is 2. The van der Waals surface area contributed by atoms with Gasteiger partial charge < -0.3 is 25.8 Å². The fraction of sp³-hybridized carbons (Fsp3) is 0.286. The molecule has 0 spiro atoms. The Labute approximate surface area is 192 Å². The number of hydrogen-bond acceptors (Lipinski definition) is 7. The van der Waals surface area contributed by atoms with Crippen molar-refractivity contribution < 1.29 is 24.6 Å². The van der Waals surface area contributed by atoms with Crippen molar-refractivity contribution in [3.63, 3.8) is 0 Å². The SMILES string of the molecule is Nc1nc2ccn(CCCSc3ccc(C(=O)N[C@@H](CCC(=O)O)C(=O)O)cc3)c2c(=O)[nH]1. The number of carbonyl (C=O) groups excluding carboxylic acids is 1. The molecule has 0 saturated carbocycles. The number of nitrogens with zero attached hydrogens (tertiary/aromatic N) is 2. The van der Waals surface area contributed by atoms with Crippen molar-refractivity contribution in [1.29, 1.82) is 0 Å². The van der Waals surface area contributed by atoms with Crippen molar-refractivity contribution in [3.8, 4) is 0 Å². The molecule has 6 N–H and O–H groups in total. The van der Waals surface area contributed by atoms with Crippen LogP contribution in [0.5, 0.6) is 0 Å². The molecule has 0 fully saturated rings. The minimum Gasteiger partial charge on any atom is -0.481 e. The maximum atomic E-state index is 12.3. The van der Waals surface area contributed by atoms with E-state index in [4.69, 9.17) is 15.9 Å². The van der Waals surface area contributed by atoms with Crippen LogP contribution in [0.3, 0.4) is 0 Å². The van der Waals surface area contributed by atoms with Crippen molar-refractivity contribution in [2.75, 3.05) is 11.5 Å². The fourth-order valence-electron chi connectivity index (χ4n) is 3.21. The molecule has 174 valence electrons. The molecule has 1 atom stereocenters. The first-order valence-corrected chi connectivity index (χ1v) is 11.1. The predicted octanol–water partition coefficient (Wildman–Crippen LogP) is 1.54. The highest BCUT2D eigenvalue weighted by atomic mass is 32.2. The van der Waals surface area contributed by atoms with Gasteiger partial charge in [0.2, 0.25) is 5.95 Å². The third-order valence-electron chi connectivity index (χ3n) is 4.82. The van der Waals surface area contributed by atoms with E-state index in [0.717, 1.165) is 17.1 Å². The van der Waals surface area contributed by atoms with E-state index in [2.05, 4.69) is 15.3 Å². The van der Waals surface area contributed by atoms with Gasteiger partial charge >= 0.3 is 11.9 Å². The van der Waals surface area contributed by atoms with Gasteiger partial charge in [0.25, 0.3) is 11.5 Å². The Bertz CT molecular complexity index is 1220. The Hall–Kier alpha value is -3.80. The monoisotopic (exact) mass is 473 g/mol. The number of thioether (sulfide) groups is 1. The Morgan fingerprint density at radius 3 is 2.58 bits per heavy atom. The zero-order chi connectivity index (χ0) is 24.0. The van der Waals surface area contributed by atoms with Crippen molar-refractivity contribution in [2.24, 2.45) is 0 Å². The van der Waals surface area contributed by atoms with E-state index in [0.29, 0.717) is 17.6 Å². The van der Waals surface area contributed by atoms with Crippen molar-refractivity contribution in [1.82, 2.24) is 19.9 Å². The lowest BCUT2D eigenvalue weighted by Gasteiger charge is -2.13. The highest BCUT2D eigenvalue weighted by Crippen LogP contribution is 2.20. The number of H-pyrrole nitrogens is 1. The largest absolute Gasteiger partial charge is 0.481 e.